The van der Waals surface area contributed by atoms with E-state index in [1.165, 1.54) is 19.3 Å². The molecule has 1 saturated heterocycles. The van der Waals surface area contributed by atoms with Crippen molar-refractivity contribution >= 4 is 0 Å². The first-order valence-corrected chi connectivity index (χ1v) is 5.71. The average Bonchev–Trinajstić information content (AvgIpc) is 2.97. The SMILES string of the molecule is CC1(OCOCC2CC2)CCCNC1. The van der Waals surface area contributed by atoms with Crippen LogP contribution in [0.5, 0.6) is 0 Å². The molecule has 0 amide bonds. The fourth-order valence-electron chi connectivity index (χ4n) is 1.83. The quantitative estimate of drug-likeness (QED) is 0.538. The fourth-order valence-corrected chi connectivity index (χ4v) is 1.83. The van der Waals surface area contributed by atoms with Crippen LogP contribution in [0.3, 0.4) is 0 Å². The number of rotatable bonds is 5. The second-order valence-corrected chi connectivity index (χ2v) is 4.81. The van der Waals surface area contributed by atoms with Crippen LogP contribution >= 0.6 is 0 Å². The van der Waals surface area contributed by atoms with E-state index in [4.69, 9.17) is 9.47 Å². The lowest BCUT2D eigenvalue weighted by Gasteiger charge is -2.33. The van der Waals surface area contributed by atoms with Crippen LogP contribution in [0.4, 0.5) is 0 Å². The van der Waals surface area contributed by atoms with Gasteiger partial charge in [0.25, 0.3) is 0 Å². The van der Waals surface area contributed by atoms with Crippen LogP contribution in [-0.4, -0.2) is 32.1 Å². The zero-order valence-electron chi connectivity index (χ0n) is 9.05. The summed E-state index contributed by atoms with van der Waals surface area (Å²) in [6.45, 7) is 5.61. The predicted molar refractivity (Wildman–Crippen MR) is 55.1 cm³/mol. The molecule has 0 radical (unpaired) electrons. The average molecular weight is 199 g/mol. The Balaban J connectivity index is 1.57. The molecule has 0 bridgehead atoms. The third kappa shape index (κ3) is 3.23. The first-order chi connectivity index (χ1) is 6.79. The molecular formula is C11H21NO2. The zero-order chi connectivity index (χ0) is 9.86. The summed E-state index contributed by atoms with van der Waals surface area (Å²) in [6.07, 6.45) is 5.05. The summed E-state index contributed by atoms with van der Waals surface area (Å²) in [5, 5.41) is 3.36. The molecule has 0 aromatic rings. The van der Waals surface area contributed by atoms with E-state index in [0.717, 1.165) is 32.0 Å². The molecule has 1 N–H and O–H groups in total. The van der Waals surface area contributed by atoms with Gasteiger partial charge in [-0.05, 0) is 45.1 Å². The molecule has 1 aliphatic heterocycles. The summed E-state index contributed by atoms with van der Waals surface area (Å²) in [5.41, 5.74) is 0.00179. The Morgan fingerprint density at radius 1 is 1.43 bits per heavy atom. The second-order valence-electron chi connectivity index (χ2n) is 4.81. The van der Waals surface area contributed by atoms with Crippen LogP contribution in [0, 0.1) is 5.92 Å². The van der Waals surface area contributed by atoms with Gasteiger partial charge in [-0.3, -0.25) is 0 Å². The molecule has 0 aromatic heterocycles. The Labute approximate surface area is 86.2 Å². The number of piperidine rings is 1. The normalized spacial score (nSPS) is 33.2. The number of ether oxygens (including phenoxy) is 2. The molecule has 1 heterocycles. The Morgan fingerprint density at radius 3 is 2.93 bits per heavy atom. The minimum absolute atomic E-state index is 0.00179. The second kappa shape index (κ2) is 4.60. The van der Waals surface area contributed by atoms with Gasteiger partial charge in [0.05, 0.1) is 12.2 Å². The van der Waals surface area contributed by atoms with Crippen molar-refractivity contribution in [3.05, 3.63) is 0 Å². The van der Waals surface area contributed by atoms with Gasteiger partial charge in [-0.15, -0.1) is 0 Å². The van der Waals surface area contributed by atoms with Crippen molar-refractivity contribution in [2.24, 2.45) is 5.92 Å². The molecule has 3 heteroatoms. The van der Waals surface area contributed by atoms with Gasteiger partial charge in [-0.1, -0.05) is 0 Å². The molecule has 2 aliphatic rings. The van der Waals surface area contributed by atoms with Gasteiger partial charge in [0.2, 0.25) is 0 Å². The van der Waals surface area contributed by atoms with Crippen molar-refractivity contribution in [3.63, 3.8) is 0 Å². The maximum Gasteiger partial charge on any atom is 0.147 e. The predicted octanol–water partition coefficient (Wildman–Crippen LogP) is 1.53. The van der Waals surface area contributed by atoms with Crippen LogP contribution < -0.4 is 5.32 Å². The third-order valence-corrected chi connectivity index (χ3v) is 3.10. The summed E-state index contributed by atoms with van der Waals surface area (Å²) in [4.78, 5) is 0. The van der Waals surface area contributed by atoms with Crippen molar-refractivity contribution in [2.75, 3.05) is 26.5 Å². The van der Waals surface area contributed by atoms with E-state index >= 15 is 0 Å². The highest BCUT2D eigenvalue weighted by Crippen LogP contribution is 2.29. The van der Waals surface area contributed by atoms with Crippen LogP contribution in [0.25, 0.3) is 0 Å². The molecule has 0 spiro atoms. The van der Waals surface area contributed by atoms with Gasteiger partial charge in [0, 0.05) is 6.54 Å². The largest absolute Gasteiger partial charge is 0.355 e. The van der Waals surface area contributed by atoms with Crippen LogP contribution in [0.2, 0.25) is 0 Å². The topological polar surface area (TPSA) is 30.5 Å². The summed E-state index contributed by atoms with van der Waals surface area (Å²) in [5.74, 6) is 0.830. The van der Waals surface area contributed by atoms with Crippen molar-refractivity contribution in [1.82, 2.24) is 5.32 Å². The minimum atomic E-state index is 0.00179. The first kappa shape index (κ1) is 10.4. The van der Waals surface area contributed by atoms with Gasteiger partial charge in [0.15, 0.2) is 0 Å². The number of hydrogen-bond acceptors (Lipinski definition) is 3. The zero-order valence-corrected chi connectivity index (χ0v) is 9.05. The Morgan fingerprint density at radius 2 is 2.29 bits per heavy atom. The van der Waals surface area contributed by atoms with E-state index in [1.807, 2.05) is 0 Å². The summed E-state index contributed by atoms with van der Waals surface area (Å²) in [7, 11) is 0. The van der Waals surface area contributed by atoms with E-state index < -0.39 is 0 Å². The lowest BCUT2D eigenvalue weighted by atomic mass is 9.96. The molecular weight excluding hydrogens is 178 g/mol. The minimum Gasteiger partial charge on any atom is -0.355 e. The Hall–Kier alpha value is -0.120. The highest BCUT2D eigenvalue weighted by molar-refractivity contribution is 4.82. The highest BCUT2D eigenvalue weighted by atomic mass is 16.7. The van der Waals surface area contributed by atoms with E-state index in [1.54, 1.807) is 0 Å². The molecule has 2 fully saturated rings. The molecule has 3 nitrogen and oxygen atoms in total. The van der Waals surface area contributed by atoms with E-state index in [-0.39, 0.29) is 5.60 Å². The smallest absolute Gasteiger partial charge is 0.147 e. The van der Waals surface area contributed by atoms with Crippen molar-refractivity contribution in [3.8, 4) is 0 Å². The molecule has 0 aromatic carbocycles. The molecule has 14 heavy (non-hydrogen) atoms. The van der Waals surface area contributed by atoms with Crippen molar-refractivity contribution in [1.29, 1.82) is 0 Å². The fraction of sp³-hybridized carbons (Fsp3) is 1.00. The van der Waals surface area contributed by atoms with Gasteiger partial charge in [-0.25, -0.2) is 0 Å². The molecule has 1 aliphatic carbocycles. The van der Waals surface area contributed by atoms with Gasteiger partial charge >= 0.3 is 0 Å². The standard InChI is InChI=1S/C11H21NO2/c1-11(5-2-6-12-8-11)14-9-13-7-10-3-4-10/h10,12H,2-9H2,1H3. The molecule has 82 valence electrons. The van der Waals surface area contributed by atoms with Crippen LogP contribution in [0.1, 0.15) is 32.6 Å². The first-order valence-electron chi connectivity index (χ1n) is 5.71. The number of hydrogen-bond donors (Lipinski definition) is 1. The summed E-state index contributed by atoms with van der Waals surface area (Å²) in [6, 6.07) is 0. The van der Waals surface area contributed by atoms with Crippen LogP contribution in [-0.2, 0) is 9.47 Å². The summed E-state index contributed by atoms with van der Waals surface area (Å²) < 4.78 is 11.2. The molecule has 1 atom stereocenters. The highest BCUT2D eigenvalue weighted by Gasteiger charge is 2.28. The van der Waals surface area contributed by atoms with Crippen molar-refractivity contribution < 1.29 is 9.47 Å². The number of nitrogens with one attached hydrogen (secondary N) is 1. The monoisotopic (exact) mass is 199 g/mol. The van der Waals surface area contributed by atoms with Crippen LogP contribution in [0.15, 0.2) is 0 Å². The molecule has 1 unspecified atom stereocenters. The van der Waals surface area contributed by atoms with Gasteiger partial charge < -0.3 is 14.8 Å². The Bertz CT molecular complexity index is 174. The molecule has 2 rings (SSSR count). The third-order valence-electron chi connectivity index (χ3n) is 3.10. The Kier molecular flexibility index (Phi) is 3.42. The van der Waals surface area contributed by atoms with Gasteiger partial charge in [0.1, 0.15) is 6.79 Å². The lowest BCUT2D eigenvalue weighted by molar-refractivity contribution is -0.143. The maximum atomic E-state index is 5.76. The summed E-state index contributed by atoms with van der Waals surface area (Å²) >= 11 is 0. The lowest BCUT2D eigenvalue weighted by Crippen LogP contribution is -2.45. The maximum absolute atomic E-state index is 5.76. The van der Waals surface area contributed by atoms with Crippen molar-refractivity contribution in [2.45, 2.75) is 38.2 Å². The van der Waals surface area contributed by atoms with E-state index in [0.29, 0.717) is 6.79 Å². The van der Waals surface area contributed by atoms with Gasteiger partial charge in [-0.2, -0.15) is 0 Å². The van der Waals surface area contributed by atoms with E-state index in [2.05, 4.69) is 12.2 Å². The van der Waals surface area contributed by atoms with E-state index in [9.17, 15) is 0 Å². The molecule has 1 saturated carbocycles.